The second-order valence-electron chi connectivity index (χ2n) is 3.94. The molecule has 0 spiro atoms. The van der Waals surface area contributed by atoms with Gasteiger partial charge in [0.05, 0.1) is 0 Å². The van der Waals surface area contributed by atoms with Crippen LogP contribution in [0, 0.1) is 5.92 Å². The smallest absolute Gasteiger partial charge is 0.0386 e. The summed E-state index contributed by atoms with van der Waals surface area (Å²) in [6.07, 6.45) is 4.31. The first-order valence-corrected chi connectivity index (χ1v) is 6.01. The molecular weight excluding hydrogens is 178 g/mol. The Morgan fingerprint density at radius 1 is 1.62 bits per heavy atom. The van der Waals surface area contributed by atoms with E-state index in [0.717, 1.165) is 5.92 Å². The third-order valence-electron chi connectivity index (χ3n) is 2.91. The number of hydrogen-bond acceptors (Lipinski definition) is 2. The van der Waals surface area contributed by atoms with Crippen LogP contribution < -0.4 is 5.32 Å². The molecule has 1 fully saturated rings. The van der Waals surface area contributed by atoms with Crippen LogP contribution in [0.25, 0.3) is 0 Å². The van der Waals surface area contributed by atoms with Crippen molar-refractivity contribution in [2.75, 3.05) is 6.54 Å². The van der Waals surface area contributed by atoms with E-state index in [4.69, 9.17) is 0 Å². The van der Waals surface area contributed by atoms with Crippen LogP contribution in [0.1, 0.15) is 37.1 Å². The second kappa shape index (κ2) is 4.25. The van der Waals surface area contributed by atoms with Gasteiger partial charge in [-0.25, -0.2) is 0 Å². The third-order valence-corrected chi connectivity index (χ3v) is 3.96. The zero-order valence-electron chi connectivity index (χ0n) is 8.12. The highest BCUT2D eigenvalue weighted by atomic mass is 32.1. The van der Waals surface area contributed by atoms with Crippen molar-refractivity contribution in [2.24, 2.45) is 5.92 Å². The maximum absolute atomic E-state index is 3.60. The van der Waals surface area contributed by atoms with E-state index < -0.39 is 0 Å². The molecule has 0 bridgehead atoms. The van der Waals surface area contributed by atoms with Crippen LogP contribution in [0.4, 0.5) is 0 Å². The Hall–Kier alpha value is -0.340. The molecule has 2 rings (SSSR count). The van der Waals surface area contributed by atoms with Crippen molar-refractivity contribution in [3.8, 4) is 0 Å². The third kappa shape index (κ3) is 2.32. The Bertz CT molecular complexity index is 239. The molecule has 1 nitrogen and oxygen atoms in total. The summed E-state index contributed by atoms with van der Waals surface area (Å²) in [4.78, 5) is 1.46. The predicted molar refractivity (Wildman–Crippen MR) is 58.1 cm³/mol. The number of rotatable bonds is 4. The maximum atomic E-state index is 3.60. The van der Waals surface area contributed by atoms with E-state index in [9.17, 15) is 0 Å². The summed E-state index contributed by atoms with van der Waals surface area (Å²) in [7, 11) is 0. The van der Waals surface area contributed by atoms with Crippen molar-refractivity contribution >= 4 is 11.3 Å². The molecule has 1 N–H and O–H groups in total. The Kier molecular flexibility index (Phi) is 3.01. The minimum absolute atomic E-state index is 0.542. The maximum Gasteiger partial charge on any atom is 0.0386 e. The molecule has 1 atom stereocenters. The molecule has 0 radical (unpaired) electrons. The monoisotopic (exact) mass is 195 g/mol. The summed E-state index contributed by atoms with van der Waals surface area (Å²) in [5, 5.41) is 5.75. The van der Waals surface area contributed by atoms with E-state index in [0.29, 0.717) is 6.04 Å². The molecule has 1 saturated carbocycles. The Morgan fingerprint density at radius 3 is 3.00 bits per heavy atom. The first-order valence-electron chi connectivity index (χ1n) is 5.13. The molecule has 1 heterocycles. The van der Waals surface area contributed by atoms with E-state index in [1.807, 2.05) is 11.3 Å². The SMILES string of the molecule is C[C@@H](NCC1CCC1)c1cccs1. The van der Waals surface area contributed by atoms with Gasteiger partial charge in [0.2, 0.25) is 0 Å². The highest BCUT2D eigenvalue weighted by Crippen LogP contribution is 2.26. The quantitative estimate of drug-likeness (QED) is 0.778. The van der Waals surface area contributed by atoms with Crippen LogP contribution in [-0.2, 0) is 0 Å². The molecule has 0 aromatic carbocycles. The normalized spacial score (nSPS) is 19.8. The first-order chi connectivity index (χ1) is 6.36. The van der Waals surface area contributed by atoms with E-state index in [-0.39, 0.29) is 0 Å². The van der Waals surface area contributed by atoms with Gasteiger partial charge in [-0.05, 0) is 43.7 Å². The van der Waals surface area contributed by atoms with Gasteiger partial charge in [0, 0.05) is 10.9 Å². The lowest BCUT2D eigenvalue weighted by atomic mass is 9.85. The average Bonchev–Trinajstić information content (AvgIpc) is 2.52. The predicted octanol–water partition coefficient (Wildman–Crippen LogP) is 3.20. The number of nitrogens with one attached hydrogen (secondary N) is 1. The van der Waals surface area contributed by atoms with Gasteiger partial charge in [-0.15, -0.1) is 11.3 Å². The molecule has 1 aliphatic carbocycles. The van der Waals surface area contributed by atoms with Gasteiger partial charge in [-0.1, -0.05) is 12.5 Å². The Labute approximate surface area is 84.2 Å². The molecule has 13 heavy (non-hydrogen) atoms. The minimum Gasteiger partial charge on any atom is -0.309 e. The summed E-state index contributed by atoms with van der Waals surface area (Å²) in [5.74, 6) is 0.961. The zero-order valence-corrected chi connectivity index (χ0v) is 8.94. The number of thiophene rings is 1. The van der Waals surface area contributed by atoms with E-state index in [1.165, 1.54) is 30.7 Å². The van der Waals surface area contributed by atoms with Gasteiger partial charge in [0.15, 0.2) is 0 Å². The van der Waals surface area contributed by atoms with Gasteiger partial charge < -0.3 is 5.32 Å². The van der Waals surface area contributed by atoms with Crippen molar-refractivity contribution in [1.29, 1.82) is 0 Å². The molecule has 2 heteroatoms. The second-order valence-corrected chi connectivity index (χ2v) is 4.92. The van der Waals surface area contributed by atoms with Crippen LogP contribution in [0.2, 0.25) is 0 Å². The molecular formula is C11H17NS. The first kappa shape index (κ1) is 9.22. The molecule has 1 aliphatic rings. The minimum atomic E-state index is 0.542. The fourth-order valence-corrected chi connectivity index (χ4v) is 2.44. The highest BCUT2D eigenvalue weighted by Gasteiger charge is 2.17. The van der Waals surface area contributed by atoms with Gasteiger partial charge in [-0.3, -0.25) is 0 Å². The van der Waals surface area contributed by atoms with Crippen LogP contribution in [0.3, 0.4) is 0 Å². The zero-order chi connectivity index (χ0) is 9.10. The van der Waals surface area contributed by atoms with Crippen LogP contribution >= 0.6 is 11.3 Å². The topological polar surface area (TPSA) is 12.0 Å². The highest BCUT2D eigenvalue weighted by molar-refractivity contribution is 7.10. The molecule has 72 valence electrons. The van der Waals surface area contributed by atoms with E-state index >= 15 is 0 Å². The fourth-order valence-electron chi connectivity index (χ4n) is 1.68. The van der Waals surface area contributed by atoms with Crippen LogP contribution in [-0.4, -0.2) is 6.54 Å². The van der Waals surface area contributed by atoms with Crippen molar-refractivity contribution in [3.05, 3.63) is 22.4 Å². The summed E-state index contributed by atoms with van der Waals surface area (Å²) >= 11 is 1.85. The lowest BCUT2D eigenvalue weighted by Crippen LogP contribution is -2.28. The summed E-state index contributed by atoms with van der Waals surface area (Å²) < 4.78 is 0. The van der Waals surface area contributed by atoms with Gasteiger partial charge in [0.1, 0.15) is 0 Å². The number of hydrogen-bond donors (Lipinski definition) is 1. The van der Waals surface area contributed by atoms with Crippen molar-refractivity contribution in [2.45, 2.75) is 32.2 Å². The summed E-state index contributed by atoms with van der Waals surface area (Å²) in [6.45, 7) is 3.46. The van der Waals surface area contributed by atoms with Crippen molar-refractivity contribution in [3.63, 3.8) is 0 Å². The van der Waals surface area contributed by atoms with E-state index in [1.54, 1.807) is 0 Å². The lowest BCUT2D eigenvalue weighted by molar-refractivity contribution is 0.293. The van der Waals surface area contributed by atoms with Gasteiger partial charge >= 0.3 is 0 Å². The molecule has 0 unspecified atom stereocenters. The van der Waals surface area contributed by atoms with Crippen molar-refractivity contribution < 1.29 is 0 Å². The van der Waals surface area contributed by atoms with Crippen LogP contribution in [0.5, 0.6) is 0 Å². The van der Waals surface area contributed by atoms with Crippen LogP contribution in [0.15, 0.2) is 17.5 Å². The fraction of sp³-hybridized carbons (Fsp3) is 0.636. The largest absolute Gasteiger partial charge is 0.309 e. The van der Waals surface area contributed by atoms with Gasteiger partial charge in [0.25, 0.3) is 0 Å². The molecule has 1 aromatic rings. The summed E-state index contributed by atoms with van der Waals surface area (Å²) in [5.41, 5.74) is 0. The molecule has 1 aromatic heterocycles. The van der Waals surface area contributed by atoms with Crippen molar-refractivity contribution in [1.82, 2.24) is 5.32 Å². The molecule has 0 amide bonds. The standard InChI is InChI=1S/C11H17NS/c1-9(11-6-3-7-13-11)12-8-10-4-2-5-10/h3,6-7,9-10,12H,2,4-5,8H2,1H3/t9-/m1/s1. The average molecular weight is 195 g/mol. The lowest BCUT2D eigenvalue weighted by Gasteiger charge is -2.27. The van der Waals surface area contributed by atoms with Gasteiger partial charge in [-0.2, -0.15) is 0 Å². The molecule has 0 aliphatic heterocycles. The summed E-state index contributed by atoms with van der Waals surface area (Å²) in [6, 6.07) is 4.88. The van der Waals surface area contributed by atoms with E-state index in [2.05, 4.69) is 29.8 Å². The molecule has 0 saturated heterocycles. The Morgan fingerprint density at radius 2 is 2.46 bits per heavy atom. The Balaban J connectivity index is 1.74.